The zero-order valence-corrected chi connectivity index (χ0v) is 40.4. The summed E-state index contributed by atoms with van der Waals surface area (Å²) in [4.78, 5) is 13.0. The fraction of sp³-hybridized carbons (Fsp3) is 0.906. The smallest absolute Gasteiger partial charge is 0.220 e. The number of carbonyl (C=O) groups is 1. The molecule has 0 spiro atoms. The maximum absolute atomic E-state index is 13.0. The summed E-state index contributed by atoms with van der Waals surface area (Å²) >= 11 is 0. The van der Waals surface area contributed by atoms with Gasteiger partial charge in [0.2, 0.25) is 5.91 Å². The topological polar surface area (TPSA) is 149 Å². The highest BCUT2D eigenvalue weighted by molar-refractivity contribution is 5.76. The first-order chi connectivity index (χ1) is 30.3. The highest BCUT2D eigenvalue weighted by Gasteiger charge is 2.44. The Morgan fingerprint density at radius 3 is 1.31 bits per heavy atom. The maximum Gasteiger partial charge on any atom is 0.220 e. The molecule has 1 heterocycles. The van der Waals surface area contributed by atoms with Crippen molar-refractivity contribution in [3.63, 3.8) is 0 Å². The van der Waals surface area contributed by atoms with E-state index in [1.165, 1.54) is 193 Å². The predicted molar refractivity (Wildman–Crippen MR) is 258 cm³/mol. The number of amides is 1. The van der Waals surface area contributed by atoms with Gasteiger partial charge in [0, 0.05) is 6.42 Å². The SMILES string of the molecule is CCCCCCCCCC/C=C\CCCCCCCCCCCCCCCCCCCC(=O)NC(COC1OC(CO)C(O)C(O)C1O)C(O)/C=C/CCCCCCCCCC. The third kappa shape index (κ3) is 33.2. The normalized spacial score (nSPS) is 20.4. The van der Waals surface area contributed by atoms with Crippen LogP contribution in [0.25, 0.3) is 0 Å². The number of aliphatic hydroxyl groups is 5. The molecule has 0 aromatic heterocycles. The van der Waals surface area contributed by atoms with E-state index in [9.17, 15) is 30.3 Å². The molecule has 1 saturated heterocycles. The quantitative estimate of drug-likeness (QED) is 0.0262. The lowest BCUT2D eigenvalue weighted by Gasteiger charge is -2.40. The molecule has 62 heavy (non-hydrogen) atoms. The van der Waals surface area contributed by atoms with Crippen molar-refractivity contribution in [2.24, 2.45) is 0 Å². The minimum atomic E-state index is -1.56. The number of hydrogen-bond donors (Lipinski definition) is 6. The summed E-state index contributed by atoms with van der Waals surface area (Å²) in [6, 6.07) is -0.800. The van der Waals surface area contributed by atoms with E-state index in [-0.39, 0.29) is 12.5 Å². The number of allylic oxidation sites excluding steroid dienone is 3. The Bertz CT molecular complexity index is 1020. The number of aliphatic hydroxyl groups excluding tert-OH is 5. The van der Waals surface area contributed by atoms with Crippen LogP contribution in [0.4, 0.5) is 0 Å². The first-order valence-electron chi connectivity index (χ1n) is 26.6. The van der Waals surface area contributed by atoms with E-state index >= 15 is 0 Å². The molecule has 0 aromatic rings. The Labute approximate surface area is 381 Å². The molecule has 1 fully saturated rings. The van der Waals surface area contributed by atoms with Gasteiger partial charge in [-0.1, -0.05) is 224 Å². The minimum Gasteiger partial charge on any atom is -0.394 e. The minimum absolute atomic E-state index is 0.175. The van der Waals surface area contributed by atoms with E-state index in [0.717, 1.165) is 38.5 Å². The molecule has 0 saturated carbocycles. The second kappa shape index (κ2) is 43.6. The molecule has 9 nitrogen and oxygen atoms in total. The van der Waals surface area contributed by atoms with Crippen LogP contribution >= 0.6 is 0 Å². The molecule has 0 aliphatic carbocycles. The Hall–Kier alpha value is -1.33. The van der Waals surface area contributed by atoms with Gasteiger partial charge in [0.05, 0.1) is 25.4 Å². The molecule has 6 N–H and O–H groups in total. The number of ether oxygens (including phenoxy) is 2. The second-order valence-electron chi connectivity index (χ2n) is 18.7. The lowest BCUT2D eigenvalue weighted by atomic mass is 9.99. The number of carbonyl (C=O) groups excluding carboxylic acids is 1. The first-order valence-corrected chi connectivity index (χ1v) is 26.6. The third-order valence-corrected chi connectivity index (χ3v) is 12.8. The van der Waals surface area contributed by atoms with Crippen molar-refractivity contribution >= 4 is 5.91 Å². The van der Waals surface area contributed by atoms with E-state index in [2.05, 4.69) is 31.3 Å². The number of nitrogens with one attached hydrogen (secondary N) is 1. The Kier molecular flexibility index (Phi) is 41.2. The van der Waals surface area contributed by atoms with Crippen LogP contribution in [0.2, 0.25) is 0 Å². The van der Waals surface area contributed by atoms with E-state index in [1.54, 1.807) is 6.08 Å². The van der Waals surface area contributed by atoms with Crippen LogP contribution in [0.5, 0.6) is 0 Å². The van der Waals surface area contributed by atoms with Gasteiger partial charge in [-0.3, -0.25) is 4.79 Å². The second-order valence-corrected chi connectivity index (χ2v) is 18.7. The van der Waals surface area contributed by atoms with Gasteiger partial charge in [-0.05, 0) is 44.9 Å². The van der Waals surface area contributed by atoms with Gasteiger partial charge in [-0.15, -0.1) is 0 Å². The molecule has 9 heteroatoms. The molecule has 1 rings (SSSR count). The number of rotatable bonds is 45. The van der Waals surface area contributed by atoms with Crippen LogP contribution in [0.3, 0.4) is 0 Å². The average Bonchev–Trinajstić information content (AvgIpc) is 3.27. The van der Waals surface area contributed by atoms with Crippen LogP contribution in [-0.2, 0) is 14.3 Å². The van der Waals surface area contributed by atoms with E-state index in [0.29, 0.717) is 6.42 Å². The summed E-state index contributed by atoms with van der Waals surface area (Å²) < 4.78 is 11.2. The summed E-state index contributed by atoms with van der Waals surface area (Å²) in [6.07, 6.45) is 46.9. The standard InChI is InChI=1S/C53H101NO8/c1-3-5-7-9-11-13-15-16-17-18-19-20-21-22-23-24-25-26-27-28-29-30-31-32-33-35-37-39-41-43-49(57)54-46(45-61-53-52(60)51(59)50(58)48(44-55)62-53)47(56)42-40-38-36-34-14-12-10-8-6-4-2/h18-19,40,42,46-48,50-53,55-56,58-60H,3-17,20-39,41,43-45H2,1-2H3,(H,54,57)/b19-18-,42-40+. The van der Waals surface area contributed by atoms with E-state index in [4.69, 9.17) is 9.47 Å². The number of unbranched alkanes of at least 4 members (excludes halogenated alkanes) is 33. The molecule has 7 unspecified atom stereocenters. The summed E-state index contributed by atoms with van der Waals surface area (Å²) in [6.45, 7) is 3.76. The Morgan fingerprint density at radius 2 is 0.903 bits per heavy atom. The molecule has 0 radical (unpaired) electrons. The first kappa shape index (κ1) is 58.7. The maximum atomic E-state index is 13.0. The molecule has 1 amide bonds. The van der Waals surface area contributed by atoms with Crippen LogP contribution in [0, 0.1) is 0 Å². The lowest BCUT2D eigenvalue weighted by molar-refractivity contribution is -0.302. The van der Waals surface area contributed by atoms with Gasteiger partial charge in [0.1, 0.15) is 24.4 Å². The predicted octanol–water partition coefficient (Wildman–Crippen LogP) is 12.2. The van der Waals surface area contributed by atoms with Crippen LogP contribution in [-0.4, -0.2) is 87.5 Å². The zero-order chi connectivity index (χ0) is 45.1. The van der Waals surface area contributed by atoms with Gasteiger partial charge in [-0.2, -0.15) is 0 Å². The Morgan fingerprint density at radius 1 is 0.532 bits per heavy atom. The molecular formula is C53H101NO8. The monoisotopic (exact) mass is 880 g/mol. The molecule has 0 bridgehead atoms. The third-order valence-electron chi connectivity index (χ3n) is 12.8. The van der Waals surface area contributed by atoms with Crippen molar-refractivity contribution in [1.82, 2.24) is 5.32 Å². The molecule has 0 aromatic carbocycles. The van der Waals surface area contributed by atoms with Crippen molar-refractivity contribution in [2.45, 2.75) is 294 Å². The van der Waals surface area contributed by atoms with Crippen molar-refractivity contribution in [3.8, 4) is 0 Å². The van der Waals surface area contributed by atoms with Crippen LogP contribution < -0.4 is 5.32 Å². The van der Waals surface area contributed by atoms with Crippen LogP contribution in [0.15, 0.2) is 24.3 Å². The van der Waals surface area contributed by atoms with Gasteiger partial charge < -0.3 is 40.3 Å². The molecule has 366 valence electrons. The van der Waals surface area contributed by atoms with Crippen molar-refractivity contribution in [2.75, 3.05) is 13.2 Å². The zero-order valence-electron chi connectivity index (χ0n) is 40.4. The van der Waals surface area contributed by atoms with Crippen LogP contribution in [0.1, 0.15) is 251 Å². The van der Waals surface area contributed by atoms with Gasteiger partial charge in [-0.25, -0.2) is 0 Å². The van der Waals surface area contributed by atoms with Gasteiger partial charge in [0.15, 0.2) is 6.29 Å². The molecule has 7 atom stereocenters. The highest BCUT2D eigenvalue weighted by atomic mass is 16.7. The van der Waals surface area contributed by atoms with E-state index < -0.39 is 49.5 Å². The van der Waals surface area contributed by atoms with Gasteiger partial charge >= 0.3 is 0 Å². The van der Waals surface area contributed by atoms with Crippen molar-refractivity contribution in [3.05, 3.63) is 24.3 Å². The van der Waals surface area contributed by atoms with E-state index in [1.807, 2.05) is 6.08 Å². The van der Waals surface area contributed by atoms with Crippen molar-refractivity contribution < 1.29 is 39.8 Å². The summed E-state index contributed by atoms with van der Waals surface area (Å²) in [7, 11) is 0. The molecule has 1 aliphatic heterocycles. The van der Waals surface area contributed by atoms with Gasteiger partial charge in [0.25, 0.3) is 0 Å². The summed E-state index contributed by atoms with van der Waals surface area (Å²) in [5.74, 6) is -0.175. The average molecular weight is 880 g/mol. The number of hydrogen-bond acceptors (Lipinski definition) is 8. The highest BCUT2D eigenvalue weighted by Crippen LogP contribution is 2.23. The van der Waals surface area contributed by atoms with Crippen molar-refractivity contribution in [1.29, 1.82) is 0 Å². The largest absolute Gasteiger partial charge is 0.394 e. The lowest BCUT2D eigenvalue weighted by Crippen LogP contribution is -2.60. The molecular weight excluding hydrogens is 779 g/mol. The Balaban J connectivity index is 2.13. The molecule has 1 aliphatic rings. The summed E-state index contributed by atoms with van der Waals surface area (Å²) in [5.41, 5.74) is 0. The fourth-order valence-corrected chi connectivity index (χ4v) is 8.51. The fourth-order valence-electron chi connectivity index (χ4n) is 8.51. The summed E-state index contributed by atoms with van der Waals surface area (Å²) in [5, 5.41) is 54.2.